The maximum absolute atomic E-state index is 4.93. The van der Waals surface area contributed by atoms with Crippen molar-refractivity contribution in [2.75, 3.05) is 6.61 Å². The van der Waals surface area contributed by atoms with Crippen molar-refractivity contribution in [2.24, 2.45) is 0 Å². The fourth-order valence-electron chi connectivity index (χ4n) is 0.144. The van der Waals surface area contributed by atoms with Gasteiger partial charge in [-0.25, -0.2) is 0 Å². The van der Waals surface area contributed by atoms with E-state index in [9.17, 15) is 0 Å². The summed E-state index contributed by atoms with van der Waals surface area (Å²) >= 11 is -0.353. The van der Waals surface area contributed by atoms with E-state index in [2.05, 4.69) is 0 Å². The summed E-state index contributed by atoms with van der Waals surface area (Å²) in [5.41, 5.74) is 0. The van der Waals surface area contributed by atoms with Crippen LogP contribution in [0.3, 0.4) is 0 Å². The van der Waals surface area contributed by atoms with E-state index in [0.717, 1.165) is 6.61 Å². The number of rotatable bonds is 0. The quantitative estimate of drug-likeness (QED) is 0.476. The molecule has 1 saturated heterocycles. The standard InChI is InChI=1S/C2H4O.In.H/c1-2-3;;/h1-2H2;;/q-1;+1;. The second-order valence-electron chi connectivity index (χ2n) is 0.966. The molecule has 1 nitrogen and oxygen atoms in total. The van der Waals surface area contributed by atoms with Gasteiger partial charge in [0.25, 0.3) is 0 Å². The zero-order valence-electron chi connectivity index (χ0n) is 2.53. The van der Waals surface area contributed by atoms with Gasteiger partial charge in [0, 0.05) is 0 Å². The molecule has 2 heteroatoms. The first-order valence-corrected chi connectivity index (χ1v) is 6.08. The summed E-state index contributed by atoms with van der Waals surface area (Å²) < 4.78 is 6.42. The summed E-state index contributed by atoms with van der Waals surface area (Å²) in [6.07, 6.45) is 0. The van der Waals surface area contributed by atoms with Gasteiger partial charge >= 0.3 is 37.0 Å². The molecule has 0 bridgehead atoms. The van der Waals surface area contributed by atoms with Gasteiger partial charge in [0.05, 0.1) is 0 Å². The van der Waals surface area contributed by atoms with Crippen molar-refractivity contribution >= 4 is 23.3 Å². The molecule has 1 fully saturated rings. The predicted octanol–water partition coefficient (Wildman–Crippen LogP) is -0.214. The second-order valence-corrected chi connectivity index (χ2v) is 5.31. The van der Waals surface area contributed by atoms with Crippen molar-refractivity contribution in [1.82, 2.24) is 0 Å². The Hall–Kier alpha value is 0.830. The maximum atomic E-state index is 4.93. The molecule has 1 rings (SSSR count). The van der Waals surface area contributed by atoms with E-state index in [1.54, 1.807) is 0 Å². The van der Waals surface area contributed by atoms with Gasteiger partial charge in [0.2, 0.25) is 0 Å². The van der Waals surface area contributed by atoms with Crippen molar-refractivity contribution in [3.05, 3.63) is 0 Å². The molecule has 0 aromatic carbocycles. The Bertz CT molecular complexity index is 14.0. The molecule has 0 aromatic heterocycles. The molecule has 0 saturated carbocycles. The van der Waals surface area contributed by atoms with Gasteiger partial charge < -0.3 is 0 Å². The molecule has 0 unspecified atom stereocenters. The van der Waals surface area contributed by atoms with Crippen LogP contribution in [0.4, 0.5) is 0 Å². The minimum absolute atomic E-state index is 0.353. The fraction of sp³-hybridized carbons (Fsp3) is 1.00. The molecular formula is C2H5InO. The van der Waals surface area contributed by atoms with Crippen LogP contribution in [-0.4, -0.2) is 29.9 Å². The van der Waals surface area contributed by atoms with E-state index in [4.69, 9.17) is 2.85 Å². The van der Waals surface area contributed by atoms with Gasteiger partial charge in [-0.1, -0.05) is 0 Å². The van der Waals surface area contributed by atoms with Crippen LogP contribution in [0.15, 0.2) is 0 Å². The molecule has 1 heterocycles. The summed E-state index contributed by atoms with van der Waals surface area (Å²) in [4.78, 5) is 0. The Labute approximate surface area is 37.3 Å². The Kier molecular flexibility index (Phi) is 0.998. The molecule has 1 aliphatic heterocycles. The van der Waals surface area contributed by atoms with Crippen LogP contribution in [0.1, 0.15) is 0 Å². The van der Waals surface area contributed by atoms with Crippen LogP contribution < -0.4 is 0 Å². The van der Waals surface area contributed by atoms with Gasteiger partial charge in [-0.3, -0.25) is 0 Å². The van der Waals surface area contributed by atoms with Gasteiger partial charge in [0.1, 0.15) is 0 Å². The molecule has 4 heavy (non-hydrogen) atoms. The molecule has 0 spiro atoms. The number of hydrogen-bond acceptors (Lipinski definition) is 1. The molecule has 0 aromatic rings. The monoisotopic (exact) mass is 160 g/mol. The molecule has 0 radical (unpaired) electrons. The van der Waals surface area contributed by atoms with Crippen molar-refractivity contribution in [3.63, 3.8) is 0 Å². The molecule has 22 valence electrons. The normalized spacial score (nSPS) is 22.0. The molecule has 0 N–H and O–H groups in total. The minimum atomic E-state index is -0.353. The summed E-state index contributed by atoms with van der Waals surface area (Å²) in [6.45, 7) is 1.09. The first-order chi connectivity index (χ1) is 2.00. The molecule has 1 aliphatic rings. The molecular weight excluding hydrogens is 155 g/mol. The first kappa shape index (κ1) is 3.04. The van der Waals surface area contributed by atoms with E-state index in [1.807, 2.05) is 0 Å². The summed E-state index contributed by atoms with van der Waals surface area (Å²) in [5, 5.41) is 0. The van der Waals surface area contributed by atoms with Crippen LogP contribution in [0.2, 0.25) is 4.18 Å². The summed E-state index contributed by atoms with van der Waals surface area (Å²) in [7, 11) is 0. The Balaban J connectivity index is 2.00. The Morgan fingerprint density at radius 1 is 1.75 bits per heavy atom. The SMILES string of the molecule is C1[CH2][InH][O]1. The van der Waals surface area contributed by atoms with Crippen LogP contribution in [0.25, 0.3) is 0 Å². The molecule has 0 aliphatic carbocycles. The number of hydrogen-bond donors (Lipinski definition) is 0. The topological polar surface area (TPSA) is 9.23 Å². The van der Waals surface area contributed by atoms with E-state index in [1.165, 1.54) is 4.18 Å². The zero-order valence-corrected chi connectivity index (χ0v) is 6.57. The molecule has 0 atom stereocenters. The van der Waals surface area contributed by atoms with Gasteiger partial charge in [0.15, 0.2) is 0 Å². The zero-order chi connectivity index (χ0) is 2.83. The van der Waals surface area contributed by atoms with Crippen LogP contribution in [0, 0.1) is 0 Å². The first-order valence-electron chi connectivity index (χ1n) is 1.58. The van der Waals surface area contributed by atoms with E-state index >= 15 is 0 Å². The van der Waals surface area contributed by atoms with Crippen LogP contribution in [0.5, 0.6) is 0 Å². The third-order valence-corrected chi connectivity index (χ3v) is 3.87. The third-order valence-electron chi connectivity index (χ3n) is 0.577. The average Bonchev–Trinajstić information content (AvgIpc) is 0.722. The predicted molar refractivity (Wildman–Crippen MR) is 17.9 cm³/mol. The average molecular weight is 160 g/mol. The Morgan fingerprint density at radius 2 is 2.00 bits per heavy atom. The van der Waals surface area contributed by atoms with Crippen molar-refractivity contribution in [2.45, 2.75) is 4.18 Å². The summed E-state index contributed by atoms with van der Waals surface area (Å²) in [6, 6.07) is 0. The van der Waals surface area contributed by atoms with E-state index < -0.39 is 0 Å². The third kappa shape index (κ3) is 0.406. The van der Waals surface area contributed by atoms with Crippen LogP contribution in [-0.2, 0) is 2.85 Å². The summed E-state index contributed by atoms with van der Waals surface area (Å²) in [5.74, 6) is 0. The second kappa shape index (κ2) is 1.31. The fourth-order valence-corrected chi connectivity index (χ4v) is 0.968. The van der Waals surface area contributed by atoms with Gasteiger partial charge in [-0.2, -0.15) is 0 Å². The van der Waals surface area contributed by atoms with E-state index in [0.29, 0.717) is 0 Å². The molecule has 0 amide bonds. The van der Waals surface area contributed by atoms with Crippen molar-refractivity contribution in [1.29, 1.82) is 0 Å². The van der Waals surface area contributed by atoms with Crippen molar-refractivity contribution in [3.8, 4) is 0 Å². The Morgan fingerprint density at radius 3 is 2.00 bits per heavy atom. The van der Waals surface area contributed by atoms with Gasteiger partial charge in [-0.15, -0.1) is 0 Å². The van der Waals surface area contributed by atoms with Crippen molar-refractivity contribution < 1.29 is 2.85 Å². The van der Waals surface area contributed by atoms with Gasteiger partial charge in [-0.05, 0) is 0 Å². The van der Waals surface area contributed by atoms with E-state index in [-0.39, 0.29) is 23.3 Å². The van der Waals surface area contributed by atoms with Crippen LogP contribution >= 0.6 is 0 Å².